The van der Waals surface area contributed by atoms with E-state index in [2.05, 4.69) is 15.6 Å². The molecule has 24 heavy (non-hydrogen) atoms. The third-order valence-electron chi connectivity index (χ3n) is 5.27. The van der Waals surface area contributed by atoms with Crippen molar-refractivity contribution >= 4 is 10.0 Å². The predicted octanol–water partition coefficient (Wildman–Crippen LogP) is 3.14. The van der Waals surface area contributed by atoms with E-state index in [1.54, 1.807) is 10.5 Å². The van der Waals surface area contributed by atoms with Crippen LogP contribution in [0.4, 0.5) is 0 Å². The van der Waals surface area contributed by atoms with Gasteiger partial charge in [0.15, 0.2) is 0 Å². The molecule has 0 aliphatic carbocycles. The van der Waals surface area contributed by atoms with E-state index < -0.39 is 10.0 Å². The SMILES string of the molecule is Cc1cc(C)c(C)c(S(=O)(=O)N2CCC(n3ccnc3)CC2)c1C. The van der Waals surface area contributed by atoms with Crippen LogP contribution < -0.4 is 0 Å². The minimum Gasteiger partial charge on any atom is -0.334 e. The van der Waals surface area contributed by atoms with Crippen LogP contribution in [0.2, 0.25) is 0 Å². The van der Waals surface area contributed by atoms with Crippen molar-refractivity contribution in [3.8, 4) is 0 Å². The first-order chi connectivity index (χ1) is 11.3. The maximum absolute atomic E-state index is 13.2. The fourth-order valence-corrected chi connectivity index (χ4v) is 5.61. The fourth-order valence-electron chi connectivity index (χ4n) is 3.56. The van der Waals surface area contributed by atoms with Crippen molar-refractivity contribution in [1.29, 1.82) is 0 Å². The van der Waals surface area contributed by atoms with Crippen molar-refractivity contribution in [3.63, 3.8) is 0 Å². The molecule has 0 saturated carbocycles. The second-order valence-electron chi connectivity index (χ2n) is 6.73. The normalized spacial score (nSPS) is 17.3. The number of nitrogens with zero attached hydrogens (tertiary/aromatic N) is 3. The first kappa shape index (κ1) is 17.2. The molecule has 5 nitrogen and oxygen atoms in total. The van der Waals surface area contributed by atoms with Gasteiger partial charge < -0.3 is 4.57 Å². The Morgan fingerprint density at radius 3 is 2.12 bits per heavy atom. The van der Waals surface area contributed by atoms with Gasteiger partial charge in [-0.05, 0) is 62.8 Å². The standard InChI is InChI=1S/C18H25N3O2S/c1-13-11-14(2)16(4)18(15(13)3)24(22,23)21-8-5-17(6-9-21)20-10-7-19-12-20/h7,10-12,17H,5-6,8-9H2,1-4H3. The Balaban J connectivity index is 1.88. The third-order valence-corrected chi connectivity index (χ3v) is 7.44. The van der Waals surface area contributed by atoms with Crippen molar-refractivity contribution in [2.75, 3.05) is 13.1 Å². The van der Waals surface area contributed by atoms with E-state index in [0.717, 1.165) is 35.1 Å². The Morgan fingerprint density at radius 2 is 1.62 bits per heavy atom. The molecule has 0 bridgehead atoms. The number of sulfonamides is 1. The Kier molecular flexibility index (Phi) is 4.53. The van der Waals surface area contributed by atoms with E-state index in [0.29, 0.717) is 24.0 Å². The summed E-state index contributed by atoms with van der Waals surface area (Å²) < 4.78 is 30.2. The molecular weight excluding hydrogens is 322 g/mol. The Labute approximate surface area is 144 Å². The third kappa shape index (κ3) is 2.89. The number of imidazole rings is 1. The van der Waals surface area contributed by atoms with E-state index in [1.165, 1.54) is 0 Å². The molecule has 3 rings (SSSR count). The molecule has 2 heterocycles. The maximum Gasteiger partial charge on any atom is 0.243 e. The molecule has 1 aliphatic heterocycles. The van der Waals surface area contributed by atoms with Crippen LogP contribution in [0.1, 0.15) is 41.1 Å². The number of benzene rings is 1. The average molecular weight is 347 g/mol. The summed E-state index contributed by atoms with van der Waals surface area (Å²) in [5.74, 6) is 0. The van der Waals surface area contributed by atoms with Crippen molar-refractivity contribution in [3.05, 3.63) is 47.0 Å². The quantitative estimate of drug-likeness (QED) is 0.857. The smallest absolute Gasteiger partial charge is 0.243 e. The van der Waals surface area contributed by atoms with Gasteiger partial charge in [0, 0.05) is 31.5 Å². The molecule has 1 aromatic carbocycles. The van der Waals surface area contributed by atoms with Crippen LogP contribution in [0.5, 0.6) is 0 Å². The fraction of sp³-hybridized carbons (Fsp3) is 0.500. The zero-order valence-corrected chi connectivity index (χ0v) is 15.6. The topological polar surface area (TPSA) is 55.2 Å². The second-order valence-corrected chi connectivity index (χ2v) is 8.61. The lowest BCUT2D eigenvalue weighted by Gasteiger charge is -2.32. The summed E-state index contributed by atoms with van der Waals surface area (Å²) in [7, 11) is -3.45. The van der Waals surface area contributed by atoms with Crippen molar-refractivity contribution in [1.82, 2.24) is 13.9 Å². The number of rotatable bonds is 3. The summed E-state index contributed by atoms with van der Waals surface area (Å²) in [6.45, 7) is 8.88. The van der Waals surface area contributed by atoms with Crippen LogP contribution in [0.25, 0.3) is 0 Å². The highest BCUT2D eigenvalue weighted by Crippen LogP contribution is 2.32. The molecule has 2 aromatic rings. The van der Waals surface area contributed by atoms with Gasteiger partial charge in [0.25, 0.3) is 0 Å². The molecule has 0 amide bonds. The highest BCUT2D eigenvalue weighted by molar-refractivity contribution is 7.89. The number of hydrogen-bond acceptors (Lipinski definition) is 3. The van der Waals surface area contributed by atoms with Gasteiger partial charge in [-0.2, -0.15) is 4.31 Å². The second kappa shape index (κ2) is 6.33. The Morgan fingerprint density at radius 1 is 1.04 bits per heavy atom. The summed E-state index contributed by atoms with van der Waals surface area (Å²) in [4.78, 5) is 4.59. The highest BCUT2D eigenvalue weighted by Gasteiger charge is 2.32. The van der Waals surface area contributed by atoms with Crippen LogP contribution in [0, 0.1) is 27.7 Å². The minimum atomic E-state index is -3.45. The minimum absolute atomic E-state index is 0.334. The lowest BCUT2D eigenvalue weighted by Crippen LogP contribution is -2.39. The van der Waals surface area contributed by atoms with E-state index in [4.69, 9.17) is 0 Å². The zero-order chi connectivity index (χ0) is 17.5. The molecule has 1 fully saturated rings. The van der Waals surface area contributed by atoms with Gasteiger partial charge in [0.05, 0.1) is 11.2 Å². The number of aryl methyl sites for hydroxylation is 2. The summed E-state index contributed by atoms with van der Waals surface area (Å²) in [5.41, 5.74) is 3.81. The number of aromatic nitrogens is 2. The molecule has 0 radical (unpaired) electrons. The highest BCUT2D eigenvalue weighted by atomic mass is 32.2. The predicted molar refractivity (Wildman–Crippen MR) is 94.6 cm³/mol. The molecular formula is C18H25N3O2S. The summed E-state index contributed by atoms with van der Waals surface area (Å²) in [6.07, 6.45) is 7.17. The maximum atomic E-state index is 13.2. The molecule has 130 valence electrons. The Hall–Kier alpha value is -1.66. The van der Waals surface area contributed by atoms with Gasteiger partial charge in [0.1, 0.15) is 0 Å². The van der Waals surface area contributed by atoms with E-state index in [1.807, 2.05) is 40.2 Å². The Bertz CT molecular complexity index is 807. The first-order valence-electron chi connectivity index (χ1n) is 8.37. The molecule has 1 aromatic heterocycles. The molecule has 0 atom stereocenters. The molecule has 6 heteroatoms. The molecule has 0 N–H and O–H groups in total. The van der Waals surface area contributed by atoms with Crippen LogP contribution in [-0.4, -0.2) is 35.4 Å². The number of hydrogen-bond donors (Lipinski definition) is 0. The van der Waals surface area contributed by atoms with Crippen LogP contribution in [0.3, 0.4) is 0 Å². The number of piperidine rings is 1. The first-order valence-corrected chi connectivity index (χ1v) is 9.81. The van der Waals surface area contributed by atoms with Crippen molar-refractivity contribution in [2.24, 2.45) is 0 Å². The van der Waals surface area contributed by atoms with E-state index in [-0.39, 0.29) is 0 Å². The van der Waals surface area contributed by atoms with Gasteiger partial charge in [-0.25, -0.2) is 13.4 Å². The average Bonchev–Trinajstić information content (AvgIpc) is 3.07. The monoisotopic (exact) mass is 347 g/mol. The van der Waals surface area contributed by atoms with E-state index in [9.17, 15) is 8.42 Å². The zero-order valence-electron chi connectivity index (χ0n) is 14.8. The summed E-state index contributed by atoms with van der Waals surface area (Å²) in [5, 5.41) is 0. The lowest BCUT2D eigenvalue weighted by molar-refractivity contribution is 0.273. The van der Waals surface area contributed by atoms with Crippen LogP contribution >= 0.6 is 0 Å². The van der Waals surface area contributed by atoms with Gasteiger partial charge in [-0.1, -0.05) is 6.07 Å². The molecule has 1 aliphatic rings. The summed E-state index contributed by atoms with van der Waals surface area (Å²) in [6, 6.07) is 2.40. The summed E-state index contributed by atoms with van der Waals surface area (Å²) >= 11 is 0. The van der Waals surface area contributed by atoms with Crippen molar-refractivity contribution < 1.29 is 8.42 Å². The lowest BCUT2D eigenvalue weighted by atomic mass is 10.0. The van der Waals surface area contributed by atoms with E-state index >= 15 is 0 Å². The molecule has 0 spiro atoms. The van der Waals surface area contributed by atoms with Gasteiger partial charge in [0.2, 0.25) is 10.0 Å². The van der Waals surface area contributed by atoms with Crippen molar-refractivity contribution in [2.45, 2.75) is 51.5 Å². The van der Waals surface area contributed by atoms with Crippen LogP contribution in [-0.2, 0) is 10.0 Å². The molecule has 1 saturated heterocycles. The van der Waals surface area contributed by atoms with Crippen LogP contribution in [0.15, 0.2) is 29.7 Å². The van der Waals surface area contributed by atoms with Gasteiger partial charge in [-0.15, -0.1) is 0 Å². The van der Waals surface area contributed by atoms with Gasteiger partial charge >= 0.3 is 0 Å². The largest absolute Gasteiger partial charge is 0.334 e. The van der Waals surface area contributed by atoms with Gasteiger partial charge in [-0.3, -0.25) is 0 Å². The molecule has 0 unspecified atom stereocenters.